The Morgan fingerprint density at radius 3 is 2.61 bits per heavy atom. The van der Waals surface area contributed by atoms with Crippen molar-refractivity contribution in [2.75, 3.05) is 32.8 Å². The zero-order valence-electron chi connectivity index (χ0n) is 14.4. The summed E-state index contributed by atoms with van der Waals surface area (Å²) in [6, 6.07) is 0.271. The van der Waals surface area contributed by atoms with E-state index in [0.29, 0.717) is 35.4 Å². The summed E-state index contributed by atoms with van der Waals surface area (Å²) in [7, 11) is 0. The lowest BCUT2D eigenvalue weighted by atomic mass is 10.2. The molecule has 1 fully saturated rings. The maximum absolute atomic E-state index is 12.5. The van der Waals surface area contributed by atoms with E-state index in [0.717, 1.165) is 26.3 Å². The first kappa shape index (κ1) is 18.2. The van der Waals surface area contributed by atoms with E-state index in [4.69, 9.17) is 16.3 Å². The van der Waals surface area contributed by atoms with Gasteiger partial charge in [-0.2, -0.15) is 5.10 Å². The molecular weight excluding hydrogens is 316 g/mol. The van der Waals surface area contributed by atoms with Crippen LogP contribution in [0.3, 0.4) is 0 Å². The Morgan fingerprint density at radius 2 is 2.00 bits per heavy atom. The minimum atomic E-state index is -0.150. The summed E-state index contributed by atoms with van der Waals surface area (Å²) in [6.07, 6.45) is 0. The first-order valence-electron chi connectivity index (χ1n) is 8.23. The van der Waals surface area contributed by atoms with E-state index in [1.807, 2.05) is 6.92 Å². The molecule has 7 heteroatoms. The second-order valence-electron chi connectivity index (χ2n) is 6.53. The number of morpholine rings is 1. The number of nitrogens with zero attached hydrogens (tertiary/aromatic N) is 3. The molecule has 6 nitrogen and oxygen atoms in total. The van der Waals surface area contributed by atoms with Crippen molar-refractivity contribution in [1.29, 1.82) is 0 Å². The highest BCUT2D eigenvalue weighted by molar-refractivity contribution is 6.33. The quantitative estimate of drug-likeness (QED) is 0.858. The molecule has 0 saturated carbocycles. The van der Waals surface area contributed by atoms with Crippen molar-refractivity contribution in [3.8, 4) is 0 Å². The van der Waals surface area contributed by atoms with Gasteiger partial charge in [0.15, 0.2) is 0 Å². The van der Waals surface area contributed by atoms with Crippen LogP contribution in [0.5, 0.6) is 0 Å². The number of amides is 1. The predicted molar refractivity (Wildman–Crippen MR) is 91.0 cm³/mol. The molecule has 1 aliphatic heterocycles. The molecule has 0 spiro atoms. The maximum atomic E-state index is 12.5. The summed E-state index contributed by atoms with van der Waals surface area (Å²) >= 11 is 6.35. The Morgan fingerprint density at radius 1 is 1.35 bits per heavy atom. The van der Waals surface area contributed by atoms with Crippen molar-refractivity contribution in [2.45, 2.75) is 40.3 Å². The number of hydrogen-bond acceptors (Lipinski definition) is 4. The summed E-state index contributed by atoms with van der Waals surface area (Å²) in [5, 5.41) is 7.79. The van der Waals surface area contributed by atoms with Gasteiger partial charge in [-0.05, 0) is 19.8 Å². The molecule has 130 valence electrons. The SMILES string of the molecule is Cc1nn(CC(C)C)c(Cl)c1C(=O)NCC(C)N1CCOCC1. The number of ether oxygens (including phenoxy) is 1. The van der Waals surface area contributed by atoms with E-state index in [1.165, 1.54) is 0 Å². The molecule has 1 aliphatic rings. The zero-order valence-corrected chi connectivity index (χ0v) is 15.2. The molecule has 0 bridgehead atoms. The van der Waals surface area contributed by atoms with Gasteiger partial charge in [-0.15, -0.1) is 0 Å². The van der Waals surface area contributed by atoms with Crippen LogP contribution in [0.1, 0.15) is 36.8 Å². The Labute approximate surface area is 143 Å². The van der Waals surface area contributed by atoms with Crippen molar-refractivity contribution in [3.63, 3.8) is 0 Å². The minimum absolute atomic E-state index is 0.150. The van der Waals surface area contributed by atoms with Crippen LogP contribution in [-0.4, -0.2) is 59.5 Å². The van der Waals surface area contributed by atoms with Gasteiger partial charge in [-0.25, -0.2) is 0 Å². The molecule has 1 unspecified atom stereocenters. The summed E-state index contributed by atoms with van der Waals surface area (Å²) < 4.78 is 7.06. The van der Waals surface area contributed by atoms with Gasteiger partial charge < -0.3 is 10.1 Å². The van der Waals surface area contributed by atoms with E-state index in [1.54, 1.807) is 4.68 Å². The second kappa shape index (κ2) is 8.13. The number of aromatic nitrogens is 2. The summed E-state index contributed by atoms with van der Waals surface area (Å²) in [5.74, 6) is 0.270. The van der Waals surface area contributed by atoms with Crippen molar-refractivity contribution in [1.82, 2.24) is 20.0 Å². The van der Waals surface area contributed by atoms with Crippen LogP contribution in [-0.2, 0) is 11.3 Å². The lowest BCUT2D eigenvalue weighted by Gasteiger charge is -2.32. The van der Waals surface area contributed by atoms with E-state index in [-0.39, 0.29) is 11.9 Å². The van der Waals surface area contributed by atoms with Gasteiger partial charge >= 0.3 is 0 Å². The summed E-state index contributed by atoms with van der Waals surface area (Å²) in [6.45, 7) is 12.7. The highest BCUT2D eigenvalue weighted by Crippen LogP contribution is 2.20. The molecule has 1 atom stereocenters. The molecule has 1 aromatic rings. The van der Waals surface area contributed by atoms with Crippen molar-refractivity contribution >= 4 is 17.5 Å². The number of halogens is 1. The Hall–Kier alpha value is -1.11. The topological polar surface area (TPSA) is 59.4 Å². The number of rotatable bonds is 6. The number of hydrogen-bond donors (Lipinski definition) is 1. The monoisotopic (exact) mass is 342 g/mol. The molecule has 0 radical (unpaired) electrons. The predicted octanol–water partition coefficient (Wildman–Crippen LogP) is 1.95. The van der Waals surface area contributed by atoms with E-state index >= 15 is 0 Å². The molecule has 23 heavy (non-hydrogen) atoms. The number of carbonyl (C=O) groups is 1. The zero-order chi connectivity index (χ0) is 17.0. The molecule has 1 amide bonds. The van der Waals surface area contributed by atoms with Gasteiger partial charge in [0.25, 0.3) is 5.91 Å². The largest absolute Gasteiger partial charge is 0.379 e. The van der Waals surface area contributed by atoms with Gasteiger partial charge in [0.1, 0.15) is 5.15 Å². The third-order valence-corrected chi connectivity index (χ3v) is 4.44. The number of carbonyl (C=O) groups excluding carboxylic acids is 1. The van der Waals surface area contributed by atoms with Gasteiger partial charge in [0, 0.05) is 32.2 Å². The van der Waals surface area contributed by atoms with E-state index in [2.05, 4.69) is 36.1 Å². The Bertz CT molecular complexity index is 538. The summed E-state index contributed by atoms with van der Waals surface area (Å²) in [4.78, 5) is 14.8. The molecule has 0 aromatic carbocycles. The average molecular weight is 343 g/mol. The molecule has 1 aromatic heterocycles. The maximum Gasteiger partial charge on any atom is 0.256 e. The average Bonchev–Trinajstić information content (AvgIpc) is 2.79. The fourth-order valence-electron chi connectivity index (χ4n) is 2.75. The van der Waals surface area contributed by atoms with Crippen molar-refractivity contribution in [2.24, 2.45) is 5.92 Å². The smallest absolute Gasteiger partial charge is 0.256 e. The van der Waals surface area contributed by atoms with Crippen molar-refractivity contribution in [3.05, 3.63) is 16.4 Å². The van der Waals surface area contributed by atoms with Gasteiger partial charge in [0.2, 0.25) is 0 Å². The minimum Gasteiger partial charge on any atom is -0.379 e. The number of nitrogens with one attached hydrogen (secondary N) is 1. The third kappa shape index (κ3) is 4.68. The van der Waals surface area contributed by atoms with E-state index < -0.39 is 0 Å². The molecule has 1 saturated heterocycles. The Kier molecular flexibility index (Phi) is 6.44. The fraction of sp³-hybridized carbons (Fsp3) is 0.750. The van der Waals surface area contributed by atoms with Crippen LogP contribution in [0.15, 0.2) is 0 Å². The highest BCUT2D eigenvalue weighted by atomic mass is 35.5. The van der Waals surface area contributed by atoms with E-state index in [9.17, 15) is 4.79 Å². The first-order valence-corrected chi connectivity index (χ1v) is 8.60. The first-order chi connectivity index (χ1) is 10.9. The van der Waals surface area contributed by atoms with Crippen LogP contribution in [0.25, 0.3) is 0 Å². The van der Waals surface area contributed by atoms with Gasteiger partial charge in [-0.3, -0.25) is 14.4 Å². The van der Waals surface area contributed by atoms with Gasteiger partial charge in [0.05, 0.1) is 24.5 Å². The summed E-state index contributed by atoms with van der Waals surface area (Å²) in [5.41, 5.74) is 1.16. The molecule has 2 heterocycles. The molecule has 1 N–H and O–H groups in total. The van der Waals surface area contributed by atoms with Crippen LogP contribution >= 0.6 is 11.6 Å². The third-order valence-electron chi connectivity index (χ3n) is 4.06. The Balaban J connectivity index is 1.96. The van der Waals surface area contributed by atoms with Crippen LogP contribution < -0.4 is 5.32 Å². The molecular formula is C16H27ClN4O2. The van der Waals surface area contributed by atoms with Crippen LogP contribution in [0.4, 0.5) is 0 Å². The fourth-order valence-corrected chi connectivity index (χ4v) is 3.08. The normalized spacial score (nSPS) is 17.5. The molecule has 0 aliphatic carbocycles. The van der Waals surface area contributed by atoms with Gasteiger partial charge in [-0.1, -0.05) is 25.4 Å². The lowest BCUT2D eigenvalue weighted by Crippen LogP contribution is -2.47. The lowest BCUT2D eigenvalue weighted by molar-refractivity contribution is 0.0204. The van der Waals surface area contributed by atoms with Crippen LogP contribution in [0.2, 0.25) is 5.15 Å². The molecule has 2 rings (SSSR count). The van der Waals surface area contributed by atoms with Crippen molar-refractivity contribution < 1.29 is 9.53 Å². The standard InChI is InChI=1S/C16H27ClN4O2/c1-11(2)10-21-15(17)14(13(4)19-21)16(22)18-9-12(3)20-5-7-23-8-6-20/h11-12H,5-10H2,1-4H3,(H,18,22). The highest BCUT2D eigenvalue weighted by Gasteiger charge is 2.22. The second-order valence-corrected chi connectivity index (χ2v) is 6.89. The number of aryl methyl sites for hydroxylation is 1. The van der Waals surface area contributed by atoms with Crippen LogP contribution in [0, 0.1) is 12.8 Å².